The number of rotatable bonds is 2. The Hall–Kier alpha value is -1.73. The Morgan fingerprint density at radius 3 is 1.35 bits per heavy atom. The third kappa shape index (κ3) is 89.1. The number of pyridine rings is 6. The molecule has 0 aliphatic heterocycles. The van der Waals surface area contributed by atoms with Crippen molar-refractivity contribution < 1.29 is 286 Å². The van der Waals surface area contributed by atoms with Crippen molar-refractivity contribution in [2.45, 2.75) is 47.7 Å². The van der Waals surface area contributed by atoms with Gasteiger partial charge in [0.1, 0.15) is 30.0 Å². The van der Waals surface area contributed by atoms with Crippen LogP contribution in [0.4, 0.5) is 17.6 Å². The van der Waals surface area contributed by atoms with E-state index in [4.69, 9.17) is 32.4 Å². The van der Waals surface area contributed by atoms with Gasteiger partial charge in [0, 0.05) is 203 Å². The molecule has 429 valence electrons. The van der Waals surface area contributed by atoms with E-state index in [2.05, 4.69) is 81.8 Å². The molecule has 2 amide bonds. The fourth-order valence-electron chi connectivity index (χ4n) is 2.99. The van der Waals surface area contributed by atoms with Crippen LogP contribution in [-0.2, 0) is 189 Å². The quantitative estimate of drug-likeness (QED) is 0.0102. The third-order valence-corrected chi connectivity index (χ3v) is 5.74. The van der Waals surface area contributed by atoms with Gasteiger partial charge in [-0.05, 0) is 31.7 Å². The Labute approximate surface area is 654 Å². The number of hydrogen-bond acceptors (Lipinski definition) is 19. The number of nitrogens with two attached hydrogens (primary N) is 2. The standard InChI is InChI=1S/C8H4F3N4.C6H4N2.C6H3N2.C6H6N.C5H5NO.C5H4N.C4H8O2.2C2H6N2O.C2H6O.CH3F.2CH3O.2Na.5Y/c9-8(10,11)7-13-6(14-15-7)5-3-1-2-4-12-5;2*7-5-6-3-1-2-4-8-6;1-6-4-2-3-5-7-6;7-6-4-2-1-3-5-6;1-2-4-6-5-3-1;1-3-6-4(2)5;2*1-2(5)4-3;1-2-3;3*1-2;;;;;;;/h2-4H,(H,13,14,15);1-4H;2-4H;3-5H,1H3;2-5,7H;2-5H;3H2,1-2H3;2*3H2,1H3,(H,4,5);3H,2H2,1H3;3*1H3;;;;;;;/q-1;;2*-1;;-1;;;;;;2*-1;2*+1;;;;;/i;;;;;;;;;;1D;;;;;;;;;. The number of aryl methyl sites for hydroxylation is 1. The summed E-state index contributed by atoms with van der Waals surface area (Å²) < 4.78 is 57.3. The van der Waals surface area contributed by atoms with Crippen molar-refractivity contribution in [1.82, 2.24) is 51.0 Å². The number of aromatic nitrogens is 9. The van der Waals surface area contributed by atoms with Gasteiger partial charge in [-0.15, -0.1) is 29.0 Å². The monoisotopic (exact) mass is 1550 g/mol. The molecule has 7 rings (SSSR count). The largest absolute Gasteiger partial charge is 1.00 e. The Morgan fingerprint density at radius 1 is 0.735 bits per heavy atom. The van der Waals surface area contributed by atoms with E-state index < -0.39 is 19.2 Å². The fraction of sp³-hybridized carbons (Fsp3) is 0.245. The Kier molecular flexibility index (Phi) is 117. The minimum absolute atomic E-state index is 0. The summed E-state index contributed by atoms with van der Waals surface area (Å²) >= 11 is 0. The molecule has 0 saturated heterocycles. The molecule has 9 N–H and O–H groups in total. The van der Waals surface area contributed by atoms with E-state index in [0.717, 1.165) is 24.6 Å². The Balaban J connectivity index is -0.0000000607. The number of nitrogens with one attached hydrogen (secondary N) is 3. The zero-order valence-electron chi connectivity index (χ0n) is 48.6. The number of halogens is 4. The molecule has 83 heavy (non-hydrogen) atoms. The number of aromatic amines is 1. The first-order valence-corrected chi connectivity index (χ1v) is 20.7. The van der Waals surface area contributed by atoms with E-state index in [1.54, 1.807) is 111 Å². The van der Waals surface area contributed by atoms with Crippen LogP contribution in [0.1, 0.15) is 58.9 Å². The minimum atomic E-state index is -4.52. The van der Waals surface area contributed by atoms with E-state index in [9.17, 15) is 31.9 Å². The van der Waals surface area contributed by atoms with E-state index in [-0.39, 0.29) is 259 Å². The predicted molar refractivity (Wildman–Crippen MR) is 264 cm³/mol. The molecule has 0 aromatic carbocycles. The van der Waals surface area contributed by atoms with Crippen LogP contribution in [0.2, 0.25) is 0 Å². The second-order valence-corrected chi connectivity index (χ2v) is 11.4. The van der Waals surface area contributed by atoms with Crippen LogP contribution in [0, 0.1) is 59.9 Å². The first-order chi connectivity index (χ1) is 36.9. The second kappa shape index (κ2) is 89.0. The van der Waals surface area contributed by atoms with Gasteiger partial charge in [0.2, 0.25) is 17.6 Å². The number of ether oxygens (including phenoxy) is 1. The predicted octanol–water partition coefficient (Wildman–Crippen LogP) is -3.43. The van der Waals surface area contributed by atoms with Crippen molar-refractivity contribution in [2.24, 2.45) is 11.7 Å². The van der Waals surface area contributed by atoms with Gasteiger partial charge in [0.15, 0.2) is 0 Å². The maximum atomic E-state index is 12.2. The number of aliphatic hydroxyl groups is 1. The second-order valence-electron chi connectivity index (χ2n) is 11.4. The molecule has 23 nitrogen and oxygen atoms in total. The molecule has 7 aromatic heterocycles. The van der Waals surface area contributed by atoms with Crippen LogP contribution < -0.4 is 96.6 Å². The molecule has 0 atom stereocenters. The molecule has 34 heteroatoms. The Bertz CT molecular complexity index is 2330. The summed E-state index contributed by atoms with van der Waals surface area (Å²) in [6.07, 6.45) is 8.13. The smallest absolute Gasteiger partial charge is 0.857 e. The van der Waals surface area contributed by atoms with Gasteiger partial charge in [-0.25, -0.2) is 26.9 Å². The number of nitrogens with zero attached hydrogens (tertiary/aromatic N) is 10. The van der Waals surface area contributed by atoms with Gasteiger partial charge in [-0.3, -0.25) is 34.7 Å². The average Bonchev–Trinajstić information content (AvgIpc) is 3.98. The van der Waals surface area contributed by atoms with E-state index >= 15 is 0 Å². The average molecular weight is 1560 g/mol. The minimum Gasteiger partial charge on any atom is -0.857 e. The van der Waals surface area contributed by atoms with Crippen LogP contribution in [0.15, 0.2) is 128 Å². The molecule has 0 fully saturated rings. The number of alkyl halides is 4. The summed E-state index contributed by atoms with van der Waals surface area (Å²) in [5.74, 6) is 7.26. The van der Waals surface area contributed by atoms with Crippen molar-refractivity contribution in [3.8, 4) is 23.7 Å². The van der Waals surface area contributed by atoms with Crippen LogP contribution in [-0.4, -0.2) is 103 Å². The molecule has 0 aliphatic carbocycles. The van der Waals surface area contributed by atoms with Crippen molar-refractivity contribution >= 4 is 17.8 Å². The molecule has 5 radical (unpaired) electrons. The third-order valence-electron chi connectivity index (χ3n) is 5.74. The number of aliphatic hydroxyl groups excluding tert-OH is 1. The molecule has 0 aliphatic rings. The van der Waals surface area contributed by atoms with Gasteiger partial charge < -0.3 is 45.2 Å². The van der Waals surface area contributed by atoms with E-state index in [0.29, 0.717) is 18.0 Å². The van der Waals surface area contributed by atoms with E-state index in [1.165, 1.54) is 51.5 Å². The van der Waals surface area contributed by atoms with Gasteiger partial charge in [-0.2, -0.15) is 104 Å². The number of nitriles is 2. The van der Waals surface area contributed by atoms with Gasteiger partial charge >= 0.3 is 71.3 Å². The first-order valence-electron chi connectivity index (χ1n) is 21.4. The SMILES string of the molecule is CC(=O)NN.CC(=O)NN.CCO.CCOC(C)=O.C[O-].C[O-].Cc1c[c-]ccn1.FC(F)(F)c1nc(-c2c[c-]ccn2)n[nH]1.N#Cc1c[c-]ccn1.N#Cc1ccccn1.O[n+]1cc[c-]cc1.[2H]CF.[Na+].[Na+].[Y].[Y].[Y].[Y].[Y].[c-]1ccncc1. The molecule has 0 saturated carbocycles. The summed E-state index contributed by atoms with van der Waals surface area (Å²) in [5.41, 5.74) is 5.91. The molecule has 0 spiro atoms. The maximum Gasteiger partial charge on any atom is 1.00 e. The first kappa shape index (κ1) is 109. The molecule has 0 unspecified atom stereocenters. The number of H-pyrrole nitrogens is 1. The van der Waals surface area contributed by atoms with Gasteiger partial charge in [-0.1, -0.05) is 49.7 Å². The number of hydrazine groups is 2. The summed E-state index contributed by atoms with van der Waals surface area (Å²) in [6.45, 7) is 10.2. The number of hydrogen-bond donors (Lipinski definition) is 7. The zero-order chi connectivity index (χ0) is 60.0. The van der Waals surface area contributed by atoms with Gasteiger partial charge in [0.25, 0.3) is 0 Å². The van der Waals surface area contributed by atoms with E-state index in [1.807, 2.05) is 36.0 Å². The Morgan fingerprint density at radius 2 is 1.14 bits per heavy atom. The van der Waals surface area contributed by atoms with Crippen LogP contribution in [0.25, 0.3) is 11.5 Å². The molecule has 0 bridgehead atoms. The van der Waals surface area contributed by atoms with Crippen LogP contribution in [0.5, 0.6) is 0 Å². The molecule has 7 aromatic rings. The molecular weight excluding hydrogens is 1490 g/mol. The van der Waals surface area contributed by atoms with Crippen molar-refractivity contribution in [3.63, 3.8) is 0 Å². The fourth-order valence-corrected chi connectivity index (χ4v) is 2.99. The zero-order valence-corrected chi connectivity index (χ0v) is 65.8. The van der Waals surface area contributed by atoms with Crippen LogP contribution >= 0.6 is 0 Å². The summed E-state index contributed by atoms with van der Waals surface area (Å²) in [4.78, 5) is 51.2. The molecular formula is C49H61F4N15Na2O8Y5-4. The number of carbonyl (C=O) groups excluding carboxylic acids is 3. The topological polar surface area (TPSA) is 381 Å². The normalized spacial score (nSPS) is 7.63. The van der Waals surface area contributed by atoms with Crippen molar-refractivity contribution in [2.75, 3.05) is 34.6 Å². The van der Waals surface area contributed by atoms with Crippen molar-refractivity contribution in [1.29, 1.82) is 10.5 Å². The van der Waals surface area contributed by atoms with Crippen molar-refractivity contribution in [3.05, 3.63) is 182 Å². The summed E-state index contributed by atoms with van der Waals surface area (Å²) in [7, 11) is 0.500. The molecule has 7 heterocycles. The number of amides is 2. The number of esters is 1. The van der Waals surface area contributed by atoms with Gasteiger partial charge in [0.05, 0.1) is 21.2 Å². The number of carbonyl (C=O) groups is 3. The summed E-state index contributed by atoms with van der Waals surface area (Å²) in [6, 6.07) is 39.4. The van der Waals surface area contributed by atoms with Crippen LogP contribution in [0.3, 0.4) is 0 Å². The summed E-state index contributed by atoms with van der Waals surface area (Å²) in [5, 5.41) is 54.2. The maximum absolute atomic E-state index is 12.2.